The summed E-state index contributed by atoms with van der Waals surface area (Å²) >= 11 is 6.00. The molecule has 0 heterocycles. The Morgan fingerprint density at radius 2 is 1.87 bits per heavy atom. The first-order valence-electron chi connectivity index (χ1n) is 7.36. The maximum absolute atomic E-state index is 12.2. The van der Waals surface area contributed by atoms with Gasteiger partial charge in [0.25, 0.3) is 0 Å². The number of benzene rings is 2. The molecule has 1 N–H and O–H groups in total. The van der Waals surface area contributed by atoms with Crippen molar-refractivity contribution >= 4 is 21.6 Å². The van der Waals surface area contributed by atoms with Crippen LogP contribution in [0.15, 0.2) is 53.4 Å². The summed E-state index contributed by atoms with van der Waals surface area (Å²) in [6.45, 7) is 3.18. The third-order valence-electron chi connectivity index (χ3n) is 3.25. The highest BCUT2D eigenvalue weighted by molar-refractivity contribution is 7.89. The quantitative estimate of drug-likeness (QED) is 0.738. The van der Waals surface area contributed by atoms with Crippen molar-refractivity contribution < 1.29 is 13.2 Å². The predicted molar refractivity (Wildman–Crippen MR) is 92.1 cm³/mol. The van der Waals surface area contributed by atoms with Gasteiger partial charge in [-0.3, -0.25) is 0 Å². The smallest absolute Gasteiger partial charge is 0.242 e. The molecule has 23 heavy (non-hydrogen) atoms. The summed E-state index contributed by atoms with van der Waals surface area (Å²) in [5.74, 6) is 0. The first-order valence-corrected chi connectivity index (χ1v) is 9.22. The molecule has 2 rings (SSSR count). The highest BCUT2D eigenvalue weighted by Crippen LogP contribution is 2.22. The molecule has 2 aromatic carbocycles. The molecule has 0 amide bonds. The van der Waals surface area contributed by atoms with E-state index in [9.17, 15) is 8.42 Å². The lowest BCUT2D eigenvalue weighted by Gasteiger charge is -2.09. The maximum Gasteiger partial charge on any atom is 0.242 e. The van der Waals surface area contributed by atoms with Crippen LogP contribution in [0.25, 0.3) is 0 Å². The molecule has 2 aromatic rings. The summed E-state index contributed by atoms with van der Waals surface area (Å²) < 4.78 is 32.4. The van der Waals surface area contributed by atoms with Gasteiger partial charge < -0.3 is 4.74 Å². The molecule has 0 bridgehead atoms. The lowest BCUT2D eigenvalue weighted by molar-refractivity contribution is 0.119. The third-order valence-corrected chi connectivity index (χ3v) is 5.19. The van der Waals surface area contributed by atoms with Crippen LogP contribution in [0, 0.1) is 6.92 Å². The van der Waals surface area contributed by atoms with Gasteiger partial charge in [0.2, 0.25) is 10.0 Å². The van der Waals surface area contributed by atoms with Crippen LogP contribution in [0.5, 0.6) is 0 Å². The minimum atomic E-state index is -3.58. The monoisotopic (exact) mass is 353 g/mol. The second-order valence-corrected chi connectivity index (χ2v) is 7.37. The number of sulfonamides is 1. The minimum absolute atomic E-state index is 0.106. The van der Waals surface area contributed by atoms with E-state index in [1.807, 2.05) is 37.3 Å². The van der Waals surface area contributed by atoms with Crippen molar-refractivity contribution in [1.82, 2.24) is 4.72 Å². The highest BCUT2D eigenvalue weighted by Gasteiger charge is 2.16. The minimum Gasteiger partial charge on any atom is -0.377 e. The van der Waals surface area contributed by atoms with Crippen LogP contribution in [0.1, 0.15) is 17.5 Å². The first kappa shape index (κ1) is 17.9. The summed E-state index contributed by atoms with van der Waals surface area (Å²) in [7, 11) is -3.58. The van der Waals surface area contributed by atoms with Gasteiger partial charge in [0.15, 0.2) is 0 Å². The standard InChI is InChI=1S/C17H20ClNO3S/c1-14-8-9-17(16(18)12-14)23(20,21)19-10-5-11-22-13-15-6-3-2-4-7-15/h2-4,6-9,12,19H,5,10-11,13H2,1H3. The van der Waals surface area contributed by atoms with E-state index in [0.29, 0.717) is 26.2 Å². The number of hydrogen-bond donors (Lipinski definition) is 1. The number of hydrogen-bond acceptors (Lipinski definition) is 3. The summed E-state index contributed by atoms with van der Waals surface area (Å²) in [6, 6.07) is 14.7. The second-order valence-electron chi connectivity index (χ2n) is 5.22. The Hall–Kier alpha value is -1.40. The Balaban J connectivity index is 1.75. The third kappa shape index (κ3) is 5.62. The molecule has 0 unspecified atom stereocenters. The predicted octanol–water partition coefficient (Wildman–Crippen LogP) is 3.53. The lowest BCUT2D eigenvalue weighted by atomic mass is 10.2. The van der Waals surface area contributed by atoms with Crippen LogP contribution < -0.4 is 4.72 Å². The van der Waals surface area contributed by atoms with Gasteiger partial charge in [-0.15, -0.1) is 0 Å². The average Bonchev–Trinajstić information content (AvgIpc) is 2.51. The molecule has 0 aromatic heterocycles. The van der Waals surface area contributed by atoms with E-state index >= 15 is 0 Å². The number of nitrogens with one attached hydrogen (secondary N) is 1. The van der Waals surface area contributed by atoms with Crippen LogP contribution in [-0.2, 0) is 21.4 Å². The van der Waals surface area contributed by atoms with Crippen LogP contribution in [0.4, 0.5) is 0 Å². The van der Waals surface area contributed by atoms with Crippen molar-refractivity contribution in [2.45, 2.75) is 24.8 Å². The molecular weight excluding hydrogens is 334 g/mol. The molecule has 0 spiro atoms. The Bertz CT molecular complexity index is 733. The molecule has 0 saturated heterocycles. The number of halogens is 1. The average molecular weight is 354 g/mol. The lowest BCUT2D eigenvalue weighted by Crippen LogP contribution is -2.25. The van der Waals surface area contributed by atoms with Gasteiger partial charge in [0.05, 0.1) is 11.6 Å². The topological polar surface area (TPSA) is 55.4 Å². The van der Waals surface area contributed by atoms with E-state index in [4.69, 9.17) is 16.3 Å². The molecule has 4 nitrogen and oxygen atoms in total. The summed E-state index contributed by atoms with van der Waals surface area (Å²) in [6.07, 6.45) is 0.593. The molecule has 0 aliphatic carbocycles. The largest absolute Gasteiger partial charge is 0.377 e. The zero-order valence-corrected chi connectivity index (χ0v) is 14.5. The zero-order chi connectivity index (χ0) is 16.7. The van der Waals surface area contributed by atoms with Gasteiger partial charge in [-0.1, -0.05) is 48.0 Å². The molecule has 0 radical (unpaired) electrons. The Morgan fingerprint density at radius 1 is 1.13 bits per heavy atom. The normalized spacial score (nSPS) is 11.6. The fraction of sp³-hybridized carbons (Fsp3) is 0.294. The zero-order valence-electron chi connectivity index (χ0n) is 13.0. The Kier molecular flexibility index (Phi) is 6.59. The van der Waals surface area contributed by atoms with E-state index in [1.165, 1.54) is 6.07 Å². The molecule has 0 aliphatic heterocycles. The van der Waals surface area contributed by atoms with Crippen LogP contribution in [-0.4, -0.2) is 21.6 Å². The van der Waals surface area contributed by atoms with Gasteiger partial charge in [-0.05, 0) is 36.6 Å². The van der Waals surface area contributed by atoms with Crippen molar-refractivity contribution in [3.8, 4) is 0 Å². The van der Waals surface area contributed by atoms with Crippen molar-refractivity contribution in [3.05, 3.63) is 64.7 Å². The van der Waals surface area contributed by atoms with Gasteiger partial charge in [-0.25, -0.2) is 13.1 Å². The number of ether oxygens (including phenoxy) is 1. The van der Waals surface area contributed by atoms with Crippen molar-refractivity contribution in [3.63, 3.8) is 0 Å². The molecular formula is C17H20ClNO3S. The van der Waals surface area contributed by atoms with E-state index < -0.39 is 10.0 Å². The molecule has 6 heteroatoms. The number of rotatable bonds is 8. The Labute approximate surface area is 142 Å². The van der Waals surface area contributed by atoms with E-state index in [1.54, 1.807) is 12.1 Å². The fourth-order valence-electron chi connectivity index (χ4n) is 2.05. The van der Waals surface area contributed by atoms with Gasteiger partial charge in [-0.2, -0.15) is 0 Å². The van der Waals surface area contributed by atoms with E-state index in [2.05, 4.69) is 4.72 Å². The molecule has 124 valence electrons. The van der Waals surface area contributed by atoms with Crippen molar-refractivity contribution in [1.29, 1.82) is 0 Å². The SMILES string of the molecule is Cc1ccc(S(=O)(=O)NCCCOCc2ccccc2)c(Cl)c1. The van der Waals surface area contributed by atoms with Crippen LogP contribution in [0.3, 0.4) is 0 Å². The summed E-state index contributed by atoms with van der Waals surface area (Å²) in [5.41, 5.74) is 2.02. The Morgan fingerprint density at radius 3 is 2.57 bits per heavy atom. The molecule has 0 saturated carbocycles. The molecule has 0 fully saturated rings. The molecule has 0 atom stereocenters. The van der Waals surface area contributed by atoms with Crippen LogP contribution in [0.2, 0.25) is 5.02 Å². The fourth-order valence-corrected chi connectivity index (χ4v) is 3.72. The molecule has 0 aliphatic rings. The first-order chi connectivity index (χ1) is 11.0. The van der Waals surface area contributed by atoms with Gasteiger partial charge in [0, 0.05) is 13.2 Å². The summed E-state index contributed by atoms with van der Waals surface area (Å²) in [5, 5.41) is 0.234. The van der Waals surface area contributed by atoms with Gasteiger partial charge >= 0.3 is 0 Å². The van der Waals surface area contributed by atoms with E-state index in [0.717, 1.165) is 11.1 Å². The second kappa shape index (κ2) is 8.45. The van der Waals surface area contributed by atoms with Gasteiger partial charge in [0.1, 0.15) is 4.90 Å². The van der Waals surface area contributed by atoms with Crippen molar-refractivity contribution in [2.75, 3.05) is 13.2 Å². The highest BCUT2D eigenvalue weighted by atomic mass is 35.5. The van der Waals surface area contributed by atoms with Crippen molar-refractivity contribution in [2.24, 2.45) is 0 Å². The number of aryl methyl sites for hydroxylation is 1. The summed E-state index contributed by atoms with van der Waals surface area (Å²) in [4.78, 5) is 0.106. The maximum atomic E-state index is 12.2. The van der Waals surface area contributed by atoms with E-state index in [-0.39, 0.29) is 9.92 Å². The van der Waals surface area contributed by atoms with Crippen LogP contribution >= 0.6 is 11.6 Å².